The summed E-state index contributed by atoms with van der Waals surface area (Å²) in [5.74, 6) is 0.792. The van der Waals surface area contributed by atoms with Crippen LogP contribution in [-0.4, -0.2) is 28.9 Å². The number of thioether (sulfide) groups is 1. The van der Waals surface area contributed by atoms with Crippen LogP contribution >= 0.6 is 11.8 Å². The Morgan fingerprint density at radius 1 is 1.59 bits per heavy atom. The Bertz CT molecular complexity index is 537. The number of nitrogens with zero attached hydrogens (tertiary/aromatic N) is 1. The molecule has 0 unspecified atom stereocenters. The second-order valence-electron chi connectivity index (χ2n) is 3.30. The molecule has 0 aliphatic rings. The zero-order chi connectivity index (χ0) is 12.3. The maximum absolute atomic E-state index is 10.4. The number of carboxylic acids is 1. The highest BCUT2D eigenvalue weighted by atomic mass is 32.2. The number of carbonyl (C=O) groups is 1. The zero-order valence-electron chi connectivity index (χ0n) is 9.17. The van der Waals surface area contributed by atoms with Gasteiger partial charge >= 0.3 is 5.97 Å². The third-order valence-electron chi connectivity index (χ3n) is 2.10. The van der Waals surface area contributed by atoms with Crippen molar-refractivity contribution in [3.05, 3.63) is 24.1 Å². The lowest BCUT2D eigenvalue weighted by Gasteiger charge is -1.96. The molecule has 0 aliphatic heterocycles. The number of fused-ring (bicyclic) bond motifs is 1. The molecule has 0 bridgehead atoms. The van der Waals surface area contributed by atoms with E-state index in [9.17, 15) is 4.79 Å². The average Bonchev–Trinajstić information content (AvgIpc) is 2.70. The molecule has 5 nitrogen and oxygen atoms in total. The smallest absolute Gasteiger partial charge is 0.313 e. The quantitative estimate of drug-likeness (QED) is 0.880. The highest BCUT2D eigenvalue weighted by Gasteiger charge is 2.10. The summed E-state index contributed by atoms with van der Waals surface area (Å²) in [5, 5.41) is 8.52. The van der Waals surface area contributed by atoms with Crippen molar-refractivity contribution in [1.29, 1.82) is 0 Å². The molecule has 0 saturated carbocycles. The van der Waals surface area contributed by atoms with E-state index in [0.29, 0.717) is 28.5 Å². The Labute approximate surface area is 102 Å². The highest BCUT2D eigenvalue weighted by Crippen LogP contribution is 2.26. The molecular weight excluding hydrogens is 242 g/mol. The second-order valence-corrected chi connectivity index (χ2v) is 4.29. The van der Waals surface area contributed by atoms with Crippen LogP contribution in [0, 0.1) is 0 Å². The van der Waals surface area contributed by atoms with Gasteiger partial charge in [0.15, 0.2) is 11.1 Å². The summed E-state index contributed by atoms with van der Waals surface area (Å²) in [6.45, 7) is 0. The van der Waals surface area contributed by atoms with Crippen molar-refractivity contribution >= 4 is 28.8 Å². The minimum Gasteiger partial charge on any atom is -0.494 e. The maximum Gasteiger partial charge on any atom is 0.313 e. The van der Waals surface area contributed by atoms with Gasteiger partial charge in [-0.25, -0.2) is 4.98 Å². The molecule has 2 aromatic rings. The van der Waals surface area contributed by atoms with Crippen molar-refractivity contribution in [3.63, 3.8) is 0 Å². The van der Waals surface area contributed by atoms with E-state index in [-0.39, 0.29) is 5.75 Å². The Hall–Kier alpha value is -1.69. The van der Waals surface area contributed by atoms with Gasteiger partial charge in [-0.2, -0.15) is 0 Å². The first-order valence-corrected chi connectivity index (χ1v) is 6.08. The molecule has 0 aliphatic carbocycles. The summed E-state index contributed by atoms with van der Waals surface area (Å²) in [5.41, 5.74) is 1.32. The number of rotatable bonds is 5. The standard InChI is InChI=1S/C11H11NO4S/c1-15-7-3-2-4-8-11(7)12-9(16-8)5-17-6-10(13)14/h2-4H,5-6H2,1H3,(H,13,14). The maximum atomic E-state index is 10.4. The Balaban J connectivity index is 2.17. The summed E-state index contributed by atoms with van der Waals surface area (Å²) >= 11 is 1.25. The van der Waals surface area contributed by atoms with Crippen molar-refractivity contribution in [2.75, 3.05) is 12.9 Å². The number of hydrogen-bond donors (Lipinski definition) is 1. The Kier molecular flexibility index (Phi) is 3.53. The van der Waals surface area contributed by atoms with Gasteiger partial charge in [0.25, 0.3) is 0 Å². The topological polar surface area (TPSA) is 72.6 Å². The van der Waals surface area contributed by atoms with Gasteiger partial charge < -0.3 is 14.3 Å². The summed E-state index contributed by atoms with van der Waals surface area (Å²) in [6, 6.07) is 5.43. The van der Waals surface area contributed by atoms with E-state index in [4.69, 9.17) is 14.3 Å². The van der Waals surface area contributed by atoms with Crippen LogP contribution in [0.15, 0.2) is 22.6 Å². The first-order valence-electron chi connectivity index (χ1n) is 4.92. The Morgan fingerprint density at radius 2 is 2.41 bits per heavy atom. The van der Waals surface area contributed by atoms with Crippen LogP contribution in [0.25, 0.3) is 11.1 Å². The minimum absolute atomic E-state index is 0.0376. The molecule has 0 fully saturated rings. The molecule has 1 N–H and O–H groups in total. The second kappa shape index (κ2) is 5.09. The predicted octanol–water partition coefficient (Wildman–Crippen LogP) is 2.15. The predicted molar refractivity (Wildman–Crippen MR) is 64.4 cm³/mol. The molecule has 0 radical (unpaired) electrons. The first kappa shape index (κ1) is 11.8. The number of para-hydroxylation sites is 1. The van der Waals surface area contributed by atoms with Crippen LogP contribution in [0.1, 0.15) is 5.89 Å². The number of aliphatic carboxylic acids is 1. The van der Waals surface area contributed by atoms with Crippen molar-refractivity contribution in [2.24, 2.45) is 0 Å². The van der Waals surface area contributed by atoms with E-state index in [1.165, 1.54) is 11.8 Å². The number of oxazole rings is 1. The van der Waals surface area contributed by atoms with Gasteiger partial charge in [-0.05, 0) is 12.1 Å². The van der Waals surface area contributed by atoms with Crippen LogP contribution in [0.5, 0.6) is 5.75 Å². The monoisotopic (exact) mass is 253 g/mol. The molecule has 6 heteroatoms. The van der Waals surface area contributed by atoms with Gasteiger partial charge in [0.1, 0.15) is 5.75 Å². The van der Waals surface area contributed by atoms with Crippen LogP contribution < -0.4 is 4.74 Å². The van der Waals surface area contributed by atoms with Crippen molar-refractivity contribution in [1.82, 2.24) is 4.98 Å². The normalized spacial score (nSPS) is 10.6. The van der Waals surface area contributed by atoms with Gasteiger partial charge in [-0.1, -0.05) is 6.07 Å². The van der Waals surface area contributed by atoms with Crippen LogP contribution in [0.4, 0.5) is 0 Å². The van der Waals surface area contributed by atoms with Crippen LogP contribution in [-0.2, 0) is 10.5 Å². The molecule has 90 valence electrons. The summed E-state index contributed by atoms with van der Waals surface area (Å²) < 4.78 is 10.6. The molecule has 1 aromatic heterocycles. The van der Waals surface area contributed by atoms with Gasteiger partial charge in [-0.15, -0.1) is 11.8 Å². The molecule has 0 amide bonds. The fourth-order valence-corrected chi connectivity index (χ4v) is 2.00. The summed E-state index contributed by atoms with van der Waals surface area (Å²) in [7, 11) is 1.57. The number of carboxylic acid groups (broad SMARTS) is 1. The van der Waals surface area contributed by atoms with Gasteiger partial charge in [0.05, 0.1) is 18.6 Å². The largest absolute Gasteiger partial charge is 0.494 e. The first-order chi connectivity index (χ1) is 8.20. The Morgan fingerprint density at radius 3 is 3.12 bits per heavy atom. The van der Waals surface area contributed by atoms with E-state index in [1.807, 2.05) is 6.07 Å². The van der Waals surface area contributed by atoms with E-state index in [0.717, 1.165) is 0 Å². The van der Waals surface area contributed by atoms with Crippen molar-refractivity contribution < 1.29 is 19.1 Å². The molecule has 2 rings (SSSR count). The molecule has 17 heavy (non-hydrogen) atoms. The van der Waals surface area contributed by atoms with Crippen LogP contribution in [0.3, 0.4) is 0 Å². The highest BCUT2D eigenvalue weighted by molar-refractivity contribution is 7.99. The summed E-state index contributed by atoms with van der Waals surface area (Å²) in [6.07, 6.45) is 0. The van der Waals surface area contributed by atoms with E-state index in [1.54, 1.807) is 19.2 Å². The lowest BCUT2D eigenvalue weighted by atomic mass is 10.3. The molecule has 1 aromatic carbocycles. The molecule has 1 heterocycles. The van der Waals surface area contributed by atoms with Crippen molar-refractivity contribution in [3.8, 4) is 5.75 Å². The van der Waals surface area contributed by atoms with E-state index in [2.05, 4.69) is 4.98 Å². The fraction of sp³-hybridized carbons (Fsp3) is 0.273. The number of methoxy groups -OCH3 is 1. The minimum atomic E-state index is -0.844. The fourth-order valence-electron chi connectivity index (χ4n) is 1.42. The number of ether oxygens (including phenoxy) is 1. The van der Waals surface area contributed by atoms with Gasteiger partial charge in [0, 0.05) is 0 Å². The van der Waals surface area contributed by atoms with Gasteiger partial charge in [0.2, 0.25) is 5.89 Å². The third-order valence-corrected chi connectivity index (χ3v) is 3.00. The molecule has 0 saturated heterocycles. The number of benzene rings is 1. The lowest BCUT2D eigenvalue weighted by molar-refractivity contribution is -0.133. The molecular formula is C11H11NO4S. The summed E-state index contributed by atoms with van der Waals surface area (Å²) in [4.78, 5) is 14.6. The van der Waals surface area contributed by atoms with Crippen LogP contribution in [0.2, 0.25) is 0 Å². The van der Waals surface area contributed by atoms with E-state index >= 15 is 0 Å². The van der Waals surface area contributed by atoms with E-state index < -0.39 is 5.97 Å². The third kappa shape index (κ3) is 2.71. The number of aromatic nitrogens is 1. The van der Waals surface area contributed by atoms with Crippen molar-refractivity contribution in [2.45, 2.75) is 5.75 Å². The molecule has 0 atom stereocenters. The van der Waals surface area contributed by atoms with Gasteiger partial charge in [-0.3, -0.25) is 4.79 Å². The molecule has 0 spiro atoms. The SMILES string of the molecule is COc1cccc2oc(CSCC(=O)O)nc12. The number of hydrogen-bond acceptors (Lipinski definition) is 5. The zero-order valence-corrected chi connectivity index (χ0v) is 9.99. The lowest BCUT2D eigenvalue weighted by Crippen LogP contribution is -1.98. The average molecular weight is 253 g/mol.